The Morgan fingerprint density at radius 3 is 2.74 bits per heavy atom. The second kappa shape index (κ2) is 9.35. The van der Waals surface area contributed by atoms with Crippen LogP contribution in [0.2, 0.25) is 0 Å². The van der Waals surface area contributed by atoms with Gasteiger partial charge in [-0.1, -0.05) is 6.07 Å². The lowest BCUT2D eigenvalue weighted by Crippen LogP contribution is -2.78. The Kier molecular flexibility index (Phi) is 7.38. The first-order chi connectivity index (χ1) is 15.2. The lowest BCUT2D eigenvalue weighted by molar-refractivity contribution is -0.204. The van der Waals surface area contributed by atoms with Gasteiger partial charge in [0.2, 0.25) is 5.91 Å². The zero-order valence-corrected chi connectivity index (χ0v) is 20.9. The van der Waals surface area contributed by atoms with E-state index in [-0.39, 0.29) is 61.6 Å². The standard InChI is InChI=1S/C23H31N3O6.2ClH/c1-26-10-9-22-18-12-3-5-15(27)19(18)32-20(22)13(7-8-23(22,31-2)16(26)11-12)25-14(21(29)30)4-6-17(24)28;;/h3,5,13-14,16,20,25,27H,4,6-11H2,1-2H3,(H2,24,28)(H,29,30);2*1H/t13?,14-,16+,20?,22-,23+;;/m0../s1. The van der Waals surface area contributed by atoms with Crippen molar-refractivity contribution in [2.24, 2.45) is 5.73 Å². The molecule has 1 aromatic carbocycles. The summed E-state index contributed by atoms with van der Waals surface area (Å²) in [5, 5.41) is 23.7. The number of carbonyl (C=O) groups excluding carboxylic acids is 1. The summed E-state index contributed by atoms with van der Waals surface area (Å²) in [7, 11) is 3.89. The maximum atomic E-state index is 11.9. The molecular weight excluding hydrogens is 485 g/mol. The summed E-state index contributed by atoms with van der Waals surface area (Å²) in [6.07, 6.45) is 2.74. The van der Waals surface area contributed by atoms with Gasteiger partial charge < -0.3 is 30.3 Å². The van der Waals surface area contributed by atoms with Crippen molar-refractivity contribution in [1.29, 1.82) is 0 Å². The van der Waals surface area contributed by atoms with Gasteiger partial charge in [0.1, 0.15) is 12.1 Å². The molecule has 1 saturated heterocycles. The van der Waals surface area contributed by atoms with Gasteiger partial charge in [-0.2, -0.15) is 0 Å². The van der Waals surface area contributed by atoms with Crippen LogP contribution in [0.4, 0.5) is 0 Å². The summed E-state index contributed by atoms with van der Waals surface area (Å²) < 4.78 is 12.9. The minimum absolute atomic E-state index is 0. The van der Waals surface area contributed by atoms with E-state index in [1.165, 1.54) is 0 Å². The fourth-order valence-electron chi connectivity index (χ4n) is 7.13. The number of nitrogens with two attached hydrogens (primary N) is 1. The van der Waals surface area contributed by atoms with Crippen molar-refractivity contribution < 1.29 is 29.3 Å². The largest absolute Gasteiger partial charge is 0.504 e. The molecule has 11 heteroatoms. The molecule has 1 spiro atoms. The van der Waals surface area contributed by atoms with Crippen molar-refractivity contribution in [3.05, 3.63) is 23.3 Å². The monoisotopic (exact) mass is 517 g/mol. The first-order valence-electron chi connectivity index (χ1n) is 11.3. The van der Waals surface area contributed by atoms with E-state index < -0.39 is 28.9 Å². The van der Waals surface area contributed by atoms with Crippen LogP contribution in [0, 0.1) is 0 Å². The highest BCUT2D eigenvalue weighted by Crippen LogP contribution is 2.66. The SMILES string of the molecule is CO[C@@]12CCC(N[C@@H](CCC(N)=O)C(=O)O)C3Oc4c(O)ccc5c4[C@@]31CCN(C)[C@@H]2C5.Cl.Cl. The number of benzene rings is 1. The highest BCUT2D eigenvalue weighted by Gasteiger charge is 2.73. The highest BCUT2D eigenvalue weighted by atomic mass is 35.5. The van der Waals surface area contributed by atoms with Crippen LogP contribution in [0.5, 0.6) is 11.5 Å². The van der Waals surface area contributed by atoms with Crippen molar-refractivity contribution in [3.8, 4) is 11.5 Å². The summed E-state index contributed by atoms with van der Waals surface area (Å²) in [4.78, 5) is 25.5. The Labute approximate surface area is 211 Å². The van der Waals surface area contributed by atoms with Crippen molar-refractivity contribution >= 4 is 36.7 Å². The number of piperidine rings is 1. The summed E-state index contributed by atoms with van der Waals surface area (Å²) in [5.74, 6) is -0.925. The number of carboxylic acid groups (broad SMARTS) is 1. The van der Waals surface area contributed by atoms with Gasteiger partial charge in [0.25, 0.3) is 0 Å². The first kappa shape index (κ1) is 26.8. The van der Waals surface area contributed by atoms with Crippen LogP contribution >= 0.6 is 24.8 Å². The Bertz CT molecular complexity index is 980. The molecule has 1 aromatic rings. The normalized spacial score (nSPS) is 33.5. The molecule has 2 aliphatic carbocycles. The predicted molar refractivity (Wildman–Crippen MR) is 129 cm³/mol. The molecule has 190 valence electrons. The number of nitrogens with one attached hydrogen (secondary N) is 1. The van der Waals surface area contributed by atoms with Gasteiger partial charge >= 0.3 is 5.97 Å². The number of likely N-dealkylation sites (N-methyl/N-ethyl adjacent to an activating group) is 1. The summed E-state index contributed by atoms with van der Waals surface area (Å²) >= 11 is 0. The van der Waals surface area contributed by atoms with E-state index in [0.29, 0.717) is 12.2 Å². The molecule has 1 saturated carbocycles. The third kappa shape index (κ3) is 3.47. The summed E-state index contributed by atoms with van der Waals surface area (Å²) in [6.45, 7) is 0.862. The van der Waals surface area contributed by atoms with Gasteiger partial charge in [0.15, 0.2) is 11.5 Å². The van der Waals surface area contributed by atoms with Crippen LogP contribution < -0.4 is 15.8 Å². The number of primary amides is 1. The van der Waals surface area contributed by atoms with E-state index >= 15 is 0 Å². The number of carboxylic acids is 1. The molecule has 6 atom stereocenters. The zero-order valence-electron chi connectivity index (χ0n) is 19.3. The van der Waals surface area contributed by atoms with Crippen molar-refractivity contribution in [2.75, 3.05) is 20.7 Å². The molecule has 2 unspecified atom stereocenters. The quantitative estimate of drug-likeness (QED) is 0.425. The van der Waals surface area contributed by atoms with Crippen molar-refractivity contribution in [1.82, 2.24) is 10.2 Å². The predicted octanol–water partition coefficient (Wildman–Crippen LogP) is 1.35. The molecule has 0 aromatic heterocycles. The van der Waals surface area contributed by atoms with Crippen LogP contribution in [0.3, 0.4) is 0 Å². The van der Waals surface area contributed by atoms with Gasteiger partial charge in [-0.15, -0.1) is 24.8 Å². The lowest BCUT2D eigenvalue weighted by Gasteiger charge is -2.65. The number of nitrogens with zero attached hydrogens (tertiary/aromatic N) is 1. The van der Waals surface area contributed by atoms with E-state index in [9.17, 15) is 19.8 Å². The van der Waals surface area contributed by atoms with E-state index in [4.69, 9.17) is 15.2 Å². The minimum atomic E-state index is -1.02. The number of methoxy groups -OCH3 is 1. The maximum Gasteiger partial charge on any atom is 0.320 e. The van der Waals surface area contributed by atoms with Gasteiger partial charge in [-0.05, 0) is 57.3 Å². The van der Waals surface area contributed by atoms with Gasteiger partial charge in [-0.25, -0.2) is 0 Å². The molecule has 2 bridgehead atoms. The Balaban J connectivity index is 0.00000162. The second-order valence-corrected chi connectivity index (χ2v) is 9.71. The van der Waals surface area contributed by atoms with E-state index in [1.807, 2.05) is 6.07 Å². The number of ether oxygens (including phenoxy) is 2. The first-order valence-corrected chi connectivity index (χ1v) is 11.3. The summed E-state index contributed by atoms with van der Waals surface area (Å²) in [6, 6.07) is 2.66. The number of likely N-dealkylation sites (tertiary alicyclic amines) is 1. The van der Waals surface area contributed by atoms with Crippen LogP contribution in [-0.2, 0) is 26.2 Å². The van der Waals surface area contributed by atoms with Crippen molar-refractivity contribution in [3.63, 3.8) is 0 Å². The number of phenols is 1. The average Bonchev–Trinajstić information content (AvgIpc) is 3.11. The number of carbonyl (C=O) groups is 2. The van der Waals surface area contributed by atoms with E-state index in [0.717, 1.165) is 36.9 Å². The smallest absolute Gasteiger partial charge is 0.320 e. The number of halogens is 2. The van der Waals surface area contributed by atoms with Crippen LogP contribution in [0.25, 0.3) is 0 Å². The third-order valence-corrected chi connectivity index (χ3v) is 8.45. The molecular formula is C23H33Cl2N3O6. The van der Waals surface area contributed by atoms with E-state index in [1.54, 1.807) is 13.2 Å². The molecule has 9 nitrogen and oxygen atoms in total. The third-order valence-electron chi connectivity index (χ3n) is 8.45. The van der Waals surface area contributed by atoms with Crippen LogP contribution in [-0.4, -0.2) is 77.5 Å². The number of rotatable bonds is 7. The fraction of sp³-hybridized carbons (Fsp3) is 0.652. The zero-order chi connectivity index (χ0) is 22.8. The number of aliphatic carboxylic acids is 1. The lowest BCUT2D eigenvalue weighted by atomic mass is 9.48. The van der Waals surface area contributed by atoms with E-state index in [2.05, 4.69) is 17.3 Å². The summed E-state index contributed by atoms with van der Waals surface area (Å²) in [5.41, 5.74) is 6.48. The Hall–Kier alpha value is -1.78. The number of amides is 1. The molecule has 0 radical (unpaired) electrons. The topological polar surface area (TPSA) is 134 Å². The van der Waals surface area contributed by atoms with Crippen molar-refractivity contribution in [2.45, 2.75) is 73.8 Å². The van der Waals surface area contributed by atoms with Gasteiger partial charge in [0, 0.05) is 31.2 Å². The van der Waals surface area contributed by atoms with Gasteiger partial charge in [-0.3, -0.25) is 14.9 Å². The second-order valence-electron chi connectivity index (χ2n) is 9.71. The Morgan fingerprint density at radius 1 is 1.35 bits per heavy atom. The van der Waals surface area contributed by atoms with Gasteiger partial charge in [0.05, 0.1) is 11.0 Å². The highest BCUT2D eigenvalue weighted by molar-refractivity contribution is 5.85. The molecule has 4 aliphatic rings. The number of hydrogen-bond acceptors (Lipinski definition) is 7. The molecule has 5 rings (SSSR count). The van der Waals surface area contributed by atoms with Crippen LogP contribution in [0.15, 0.2) is 12.1 Å². The molecule has 5 N–H and O–H groups in total. The van der Waals surface area contributed by atoms with Crippen LogP contribution in [0.1, 0.15) is 43.2 Å². The molecule has 2 heterocycles. The molecule has 1 amide bonds. The number of hydrogen-bond donors (Lipinski definition) is 4. The Morgan fingerprint density at radius 2 is 2.09 bits per heavy atom. The minimum Gasteiger partial charge on any atom is -0.504 e. The fourth-order valence-corrected chi connectivity index (χ4v) is 7.13. The number of phenolic OH excluding ortho intramolecular Hbond substituents is 1. The molecule has 34 heavy (non-hydrogen) atoms. The maximum absolute atomic E-state index is 11.9. The average molecular weight is 518 g/mol. The molecule has 2 aliphatic heterocycles. The number of aromatic hydroxyl groups is 1. The molecule has 2 fully saturated rings.